The zero-order valence-corrected chi connectivity index (χ0v) is 9.65. The summed E-state index contributed by atoms with van der Waals surface area (Å²) >= 11 is 0. The maximum atomic E-state index is 13.4. The molecule has 92 valence electrons. The van der Waals surface area contributed by atoms with Crippen LogP contribution in [0.25, 0.3) is 0 Å². The number of hydrogen-bond acceptors (Lipinski definition) is 3. The summed E-state index contributed by atoms with van der Waals surface area (Å²) in [6.45, 7) is 1.74. The summed E-state index contributed by atoms with van der Waals surface area (Å²) in [6, 6.07) is 3.02. The molecule has 0 aliphatic carbocycles. The number of hydrogen-bond donors (Lipinski definition) is 0. The first-order valence-electron chi connectivity index (χ1n) is 5.32. The van der Waals surface area contributed by atoms with E-state index < -0.39 is 17.4 Å². The molecule has 1 aromatic heterocycles. The van der Waals surface area contributed by atoms with Crippen molar-refractivity contribution in [2.75, 3.05) is 0 Å². The molecule has 0 unspecified atom stereocenters. The lowest BCUT2D eigenvalue weighted by Crippen LogP contribution is -2.08. The Labute approximate surface area is 103 Å². The smallest absolute Gasteiger partial charge is 0.187 e. The Balaban J connectivity index is 2.21. The van der Waals surface area contributed by atoms with Crippen LogP contribution in [0.15, 0.2) is 30.6 Å². The van der Waals surface area contributed by atoms with Gasteiger partial charge >= 0.3 is 0 Å². The van der Waals surface area contributed by atoms with Gasteiger partial charge in [0.25, 0.3) is 0 Å². The second-order valence-electron chi connectivity index (χ2n) is 3.88. The van der Waals surface area contributed by atoms with Gasteiger partial charge in [-0.1, -0.05) is 0 Å². The average molecular weight is 248 g/mol. The molecular formula is C13H10F2N2O. The van der Waals surface area contributed by atoms with Crippen LogP contribution >= 0.6 is 0 Å². The van der Waals surface area contributed by atoms with Crippen LogP contribution in [0.4, 0.5) is 8.78 Å². The Hall–Kier alpha value is -2.17. The quantitative estimate of drug-likeness (QED) is 0.784. The summed E-state index contributed by atoms with van der Waals surface area (Å²) in [7, 11) is 0. The number of rotatable bonds is 3. The number of benzene rings is 1. The molecule has 0 amide bonds. The number of halogens is 2. The lowest BCUT2D eigenvalue weighted by Gasteiger charge is -2.03. The first kappa shape index (κ1) is 12.3. The van der Waals surface area contributed by atoms with E-state index in [1.807, 2.05) is 0 Å². The van der Waals surface area contributed by atoms with Crippen LogP contribution in [0.1, 0.15) is 21.7 Å². The highest BCUT2D eigenvalue weighted by atomic mass is 19.1. The van der Waals surface area contributed by atoms with Crippen molar-refractivity contribution in [3.05, 3.63) is 59.2 Å². The van der Waals surface area contributed by atoms with E-state index in [9.17, 15) is 13.6 Å². The molecule has 0 atom stereocenters. The lowest BCUT2D eigenvalue weighted by atomic mass is 10.1. The molecule has 2 aromatic rings. The monoisotopic (exact) mass is 248 g/mol. The standard InChI is InChI=1S/C13H10F2N2O/c1-8-6-17-12(7-16-8)13(18)5-9-4-10(14)2-3-11(9)15/h2-4,6-7H,5H2,1H3. The predicted octanol–water partition coefficient (Wildman–Crippen LogP) is 2.49. The minimum Gasteiger partial charge on any atom is -0.292 e. The van der Waals surface area contributed by atoms with Gasteiger partial charge in [-0.15, -0.1) is 0 Å². The predicted molar refractivity (Wildman–Crippen MR) is 61.2 cm³/mol. The van der Waals surface area contributed by atoms with E-state index in [2.05, 4.69) is 9.97 Å². The summed E-state index contributed by atoms with van der Waals surface area (Å²) < 4.78 is 26.3. The van der Waals surface area contributed by atoms with E-state index in [4.69, 9.17) is 0 Å². The number of aromatic nitrogens is 2. The summed E-state index contributed by atoms with van der Waals surface area (Å²) in [5, 5.41) is 0. The van der Waals surface area contributed by atoms with E-state index in [0.29, 0.717) is 5.69 Å². The van der Waals surface area contributed by atoms with Gasteiger partial charge in [-0.05, 0) is 30.7 Å². The van der Waals surface area contributed by atoms with E-state index in [1.54, 1.807) is 6.92 Å². The SMILES string of the molecule is Cc1cnc(C(=O)Cc2cc(F)ccc2F)cn1. The molecule has 1 heterocycles. The largest absolute Gasteiger partial charge is 0.292 e. The Morgan fingerprint density at radius 1 is 1.22 bits per heavy atom. The fourth-order valence-electron chi connectivity index (χ4n) is 1.48. The van der Waals surface area contributed by atoms with E-state index >= 15 is 0 Å². The second kappa shape index (κ2) is 5.00. The molecule has 0 fully saturated rings. The number of carbonyl (C=O) groups excluding carboxylic acids is 1. The number of aryl methyl sites for hydroxylation is 1. The Bertz CT molecular complexity index is 582. The number of carbonyl (C=O) groups is 1. The molecule has 18 heavy (non-hydrogen) atoms. The summed E-state index contributed by atoms with van der Waals surface area (Å²) in [5.41, 5.74) is 0.843. The van der Waals surface area contributed by atoms with Crippen LogP contribution in [-0.2, 0) is 6.42 Å². The summed E-state index contributed by atoms with van der Waals surface area (Å²) in [6.07, 6.45) is 2.55. The molecule has 2 rings (SSSR count). The van der Waals surface area contributed by atoms with Gasteiger partial charge in [-0.2, -0.15) is 0 Å². The van der Waals surface area contributed by atoms with E-state index in [1.165, 1.54) is 12.4 Å². The van der Waals surface area contributed by atoms with Crippen LogP contribution in [0, 0.1) is 18.6 Å². The van der Waals surface area contributed by atoms with Crippen molar-refractivity contribution >= 4 is 5.78 Å². The van der Waals surface area contributed by atoms with Gasteiger partial charge in [-0.3, -0.25) is 9.78 Å². The summed E-state index contributed by atoms with van der Waals surface area (Å²) in [5.74, 6) is -1.58. The zero-order valence-electron chi connectivity index (χ0n) is 9.65. The van der Waals surface area contributed by atoms with Crippen molar-refractivity contribution in [1.29, 1.82) is 0 Å². The molecule has 0 aliphatic heterocycles. The van der Waals surface area contributed by atoms with Crippen LogP contribution in [0.3, 0.4) is 0 Å². The van der Waals surface area contributed by atoms with E-state index in [-0.39, 0.29) is 17.7 Å². The van der Waals surface area contributed by atoms with Crippen molar-refractivity contribution in [3.8, 4) is 0 Å². The fourth-order valence-corrected chi connectivity index (χ4v) is 1.48. The zero-order chi connectivity index (χ0) is 13.1. The first-order chi connectivity index (χ1) is 8.56. The highest BCUT2D eigenvalue weighted by molar-refractivity contribution is 5.95. The third-order valence-electron chi connectivity index (χ3n) is 2.43. The Kier molecular flexibility index (Phi) is 3.41. The number of Topliss-reactive ketones (excluding diaryl/α,β-unsaturated/α-hetero) is 1. The van der Waals surface area contributed by atoms with Crippen molar-refractivity contribution in [3.63, 3.8) is 0 Å². The topological polar surface area (TPSA) is 42.9 Å². The highest BCUT2D eigenvalue weighted by Gasteiger charge is 2.12. The van der Waals surface area contributed by atoms with Gasteiger partial charge in [0.2, 0.25) is 0 Å². The lowest BCUT2D eigenvalue weighted by molar-refractivity contribution is 0.0986. The molecule has 0 bridgehead atoms. The minimum absolute atomic E-state index is 0.0161. The number of nitrogens with zero attached hydrogens (tertiary/aromatic N) is 2. The average Bonchev–Trinajstić information content (AvgIpc) is 2.34. The third kappa shape index (κ3) is 2.74. The Morgan fingerprint density at radius 2 is 2.00 bits per heavy atom. The molecule has 3 nitrogen and oxygen atoms in total. The molecule has 0 saturated heterocycles. The maximum Gasteiger partial charge on any atom is 0.187 e. The van der Waals surface area contributed by atoms with Gasteiger partial charge in [0.05, 0.1) is 11.9 Å². The first-order valence-corrected chi connectivity index (χ1v) is 5.32. The normalized spacial score (nSPS) is 10.4. The van der Waals surface area contributed by atoms with Crippen LogP contribution < -0.4 is 0 Å². The molecule has 0 N–H and O–H groups in total. The maximum absolute atomic E-state index is 13.4. The van der Waals surface area contributed by atoms with Gasteiger partial charge in [0, 0.05) is 12.6 Å². The molecule has 0 radical (unpaired) electrons. The van der Waals surface area contributed by atoms with Crippen LogP contribution in [0.2, 0.25) is 0 Å². The summed E-state index contributed by atoms with van der Waals surface area (Å²) in [4.78, 5) is 19.6. The van der Waals surface area contributed by atoms with Crippen molar-refractivity contribution in [2.45, 2.75) is 13.3 Å². The Morgan fingerprint density at radius 3 is 2.67 bits per heavy atom. The van der Waals surface area contributed by atoms with Crippen molar-refractivity contribution in [1.82, 2.24) is 9.97 Å². The van der Waals surface area contributed by atoms with E-state index in [0.717, 1.165) is 18.2 Å². The second-order valence-corrected chi connectivity index (χ2v) is 3.88. The fraction of sp³-hybridized carbons (Fsp3) is 0.154. The van der Waals surface area contributed by atoms with Gasteiger partial charge in [-0.25, -0.2) is 13.8 Å². The van der Waals surface area contributed by atoms with Crippen LogP contribution in [-0.4, -0.2) is 15.8 Å². The van der Waals surface area contributed by atoms with Crippen molar-refractivity contribution < 1.29 is 13.6 Å². The molecule has 0 spiro atoms. The molecule has 0 saturated carbocycles. The molecule has 5 heteroatoms. The highest BCUT2D eigenvalue weighted by Crippen LogP contribution is 2.12. The molecular weight excluding hydrogens is 238 g/mol. The third-order valence-corrected chi connectivity index (χ3v) is 2.43. The van der Waals surface area contributed by atoms with Crippen molar-refractivity contribution in [2.24, 2.45) is 0 Å². The minimum atomic E-state index is -0.607. The molecule has 0 aliphatic rings. The molecule has 1 aromatic carbocycles. The van der Waals surface area contributed by atoms with Crippen LogP contribution in [0.5, 0.6) is 0 Å². The van der Waals surface area contributed by atoms with Gasteiger partial charge in [0.15, 0.2) is 5.78 Å². The van der Waals surface area contributed by atoms with Gasteiger partial charge < -0.3 is 0 Å². The number of ketones is 1. The van der Waals surface area contributed by atoms with Gasteiger partial charge in [0.1, 0.15) is 17.3 Å².